The number of hydrogen-bond acceptors (Lipinski definition) is 6. The lowest BCUT2D eigenvalue weighted by atomic mass is 10.2. The van der Waals surface area contributed by atoms with Crippen LogP contribution in [0.5, 0.6) is 0 Å². The van der Waals surface area contributed by atoms with Crippen molar-refractivity contribution >= 4 is 23.4 Å². The summed E-state index contributed by atoms with van der Waals surface area (Å²) in [6.45, 7) is -0.219. The van der Waals surface area contributed by atoms with Crippen molar-refractivity contribution in [3.63, 3.8) is 0 Å². The van der Waals surface area contributed by atoms with Gasteiger partial charge in [-0.2, -0.15) is 4.68 Å². The number of ether oxygens (including phenoxy) is 1. The second-order valence-electron chi connectivity index (χ2n) is 4.21. The van der Waals surface area contributed by atoms with Crippen LogP contribution in [0.15, 0.2) is 36.5 Å². The fourth-order valence-corrected chi connectivity index (χ4v) is 1.75. The maximum atomic E-state index is 11.9. The van der Waals surface area contributed by atoms with Gasteiger partial charge in [0, 0.05) is 0 Å². The maximum absolute atomic E-state index is 11.9. The molecule has 1 aromatic heterocycles. The molecular formula is C13H12N4O5. The minimum Gasteiger partial charge on any atom is -0.465 e. The summed E-state index contributed by atoms with van der Waals surface area (Å²) in [5.41, 5.74) is 0.505. The third-order valence-corrected chi connectivity index (χ3v) is 2.73. The highest BCUT2D eigenvalue weighted by molar-refractivity contribution is 6.01. The Bertz CT molecular complexity index is 725. The second-order valence-corrected chi connectivity index (χ2v) is 4.21. The molecule has 9 heteroatoms. The molecule has 1 amide bonds. The summed E-state index contributed by atoms with van der Waals surface area (Å²) in [4.78, 5) is 33.4. The van der Waals surface area contributed by atoms with Crippen LogP contribution in [0, 0.1) is 10.1 Å². The SMILES string of the molecule is COC(=O)c1ccccc1NC(=O)Cn1ccc([N+](=O)[O-])n1. The number of para-hydroxylation sites is 1. The number of carbonyl (C=O) groups excluding carboxylic acids is 2. The normalized spacial score (nSPS) is 10.0. The van der Waals surface area contributed by atoms with Crippen LogP contribution in [0.1, 0.15) is 10.4 Å². The summed E-state index contributed by atoms with van der Waals surface area (Å²) in [7, 11) is 1.24. The van der Waals surface area contributed by atoms with Gasteiger partial charge in [-0.3, -0.25) is 4.79 Å². The van der Waals surface area contributed by atoms with Crippen molar-refractivity contribution in [1.82, 2.24) is 9.78 Å². The summed E-state index contributed by atoms with van der Waals surface area (Å²) in [6.07, 6.45) is 1.32. The molecule has 1 heterocycles. The van der Waals surface area contributed by atoms with E-state index in [-0.39, 0.29) is 17.9 Å². The van der Waals surface area contributed by atoms with Crippen LogP contribution in [0.2, 0.25) is 0 Å². The van der Waals surface area contributed by atoms with Gasteiger partial charge in [-0.25, -0.2) is 4.79 Å². The summed E-state index contributed by atoms with van der Waals surface area (Å²) in [5, 5.41) is 16.7. The van der Waals surface area contributed by atoms with Crippen LogP contribution in [0.3, 0.4) is 0 Å². The molecule has 22 heavy (non-hydrogen) atoms. The van der Waals surface area contributed by atoms with Crippen molar-refractivity contribution in [1.29, 1.82) is 0 Å². The molecule has 0 aliphatic carbocycles. The van der Waals surface area contributed by atoms with Gasteiger partial charge in [0.05, 0.1) is 35.7 Å². The van der Waals surface area contributed by atoms with Gasteiger partial charge >= 0.3 is 11.8 Å². The summed E-state index contributed by atoms with van der Waals surface area (Å²) >= 11 is 0. The van der Waals surface area contributed by atoms with Crippen molar-refractivity contribution < 1.29 is 19.2 Å². The highest BCUT2D eigenvalue weighted by atomic mass is 16.6. The number of esters is 1. The van der Waals surface area contributed by atoms with Gasteiger partial charge < -0.3 is 20.2 Å². The van der Waals surface area contributed by atoms with Crippen molar-refractivity contribution in [3.05, 3.63) is 52.2 Å². The number of anilines is 1. The molecule has 9 nitrogen and oxygen atoms in total. The van der Waals surface area contributed by atoms with Gasteiger partial charge in [0.25, 0.3) is 0 Å². The summed E-state index contributed by atoms with van der Waals surface area (Å²) in [6, 6.07) is 7.55. The van der Waals surface area contributed by atoms with E-state index in [1.54, 1.807) is 18.2 Å². The zero-order valence-corrected chi connectivity index (χ0v) is 11.6. The second kappa shape index (κ2) is 6.48. The van der Waals surface area contributed by atoms with Crippen LogP contribution in [0.4, 0.5) is 11.5 Å². The minimum atomic E-state index is -0.652. The predicted octanol–water partition coefficient (Wildman–Crippen LogP) is 1.22. The zero-order chi connectivity index (χ0) is 16.1. The molecular weight excluding hydrogens is 292 g/mol. The first-order valence-electron chi connectivity index (χ1n) is 6.16. The predicted molar refractivity (Wildman–Crippen MR) is 75.3 cm³/mol. The molecule has 1 aromatic carbocycles. The molecule has 114 valence electrons. The lowest BCUT2D eigenvalue weighted by molar-refractivity contribution is -0.389. The van der Waals surface area contributed by atoms with Crippen molar-refractivity contribution in [2.45, 2.75) is 6.54 Å². The summed E-state index contributed by atoms with van der Waals surface area (Å²) < 4.78 is 5.76. The van der Waals surface area contributed by atoms with Gasteiger partial charge in [0.15, 0.2) is 0 Å². The number of nitrogens with zero attached hydrogens (tertiary/aromatic N) is 3. The Hall–Kier alpha value is -3.23. The highest BCUT2D eigenvalue weighted by Gasteiger charge is 2.16. The molecule has 0 unspecified atom stereocenters. The number of nitro groups is 1. The summed E-state index contributed by atoms with van der Waals surface area (Å²) in [5.74, 6) is -1.40. The Balaban J connectivity index is 2.09. The quantitative estimate of drug-likeness (QED) is 0.504. The van der Waals surface area contributed by atoms with Crippen LogP contribution < -0.4 is 5.32 Å². The lowest BCUT2D eigenvalue weighted by Crippen LogP contribution is -2.20. The molecule has 2 aromatic rings. The highest BCUT2D eigenvalue weighted by Crippen LogP contribution is 2.16. The number of benzene rings is 1. The van der Waals surface area contributed by atoms with Gasteiger partial charge in [-0.15, -0.1) is 0 Å². The number of carbonyl (C=O) groups is 2. The molecule has 0 aliphatic heterocycles. The van der Waals surface area contributed by atoms with E-state index in [1.807, 2.05) is 0 Å². The van der Waals surface area contributed by atoms with Gasteiger partial charge in [0.2, 0.25) is 5.91 Å². The van der Waals surface area contributed by atoms with Crippen molar-refractivity contribution in [2.75, 3.05) is 12.4 Å². The largest absolute Gasteiger partial charge is 0.465 e. The average Bonchev–Trinajstić information content (AvgIpc) is 2.95. The van der Waals surface area contributed by atoms with E-state index < -0.39 is 16.8 Å². The minimum absolute atomic E-state index is 0.213. The molecule has 0 atom stereocenters. The Morgan fingerprint density at radius 2 is 2.09 bits per heavy atom. The average molecular weight is 304 g/mol. The van der Waals surface area contributed by atoms with Gasteiger partial charge in [0.1, 0.15) is 6.54 Å². The van der Waals surface area contributed by atoms with Crippen molar-refractivity contribution in [3.8, 4) is 0 Å². The van der Waals surface area contributed by atoms with E-state index in [1.165, 1.54) is 25.4 Å². The van der Waals surface area contributed by atoms with Crippen LogP contribution >= 0.6 is 0 Å². The number of amides is 1. The number of rotatable bonds is 5. The molecule has 0 saturated heterocycles. The fraction of sp³-hybridized carbons (Fsp3) is 0.154. The zero-order valence-electron chi connectivity index (χ0n) is 11.6. The Morgan fingerprint density at radius 3 is 2.73 bits per heavy atom. The number of methoxy groups -OCH3 is 1. The van der Waals surface area contributed by atoms with Crippen LogP contribution in [-0.4, -0.2) is 33.7 Å². The molecule has 2 rings (SSSR count). The first kappa shape index (κ1) is 15.2. The number of nitrogens with one attached hydrogen (secondary N) is 1. The van der Waals surface area contributed by atoms with E-state index in [0.29, 0.717) is 5.69 Å². The molecule has 0 saturated carbocycles. The fourth-order valence-electron chi connectivity index (χ4n) is 1.75. The molecule has 0 aliphatic rings. The monoisotopic (exact) mass is 304 g/mol. The Morgan fingerprint density at radius 1 is 1.36 bits per heavy atom. The van der Waals surface area contributed by atoms with E-state index in [2.05, 4.69) is 15.2 Å². The third-order valence-electron chi connectivity index (χ3n) is 2.73. The van der Waals surface area contributed by atoms with E-state index in [4.69, 9.17) is 0 Å². The van der Waals surface area contributed by atoms with E-state index >= 15 is 0 Å². The topological polar surface area (TPSA) is 116 Å². The van der Waals surface area contributed by atoms with Gasteiger partial charge in [-0.05, 0) is 17.1 Å². The number of aromatic nitrogens is 2. The van der Waals surface area contributed by atoms with Crippen molar-refractivity contribution in [2.24, 2.45) is 0 Å². The Labute approximate surface area is 124 Å². The molecule has 0 spiro atoms. The first-order chi connectivity index (χ1) is 10.5. The maximum Gasteiger partial charge on any atom is 0.389 e. The molecule has 1 N–H and O–H groups in total. The first-order valence-corrected chi connectivity index (χ1v) is 6.16. The molecule has 0 radical (unpaired) electrons. The molecule has 0 fully saturated rings. The van der Waals surface area contributed by atoms with Gasteiger partial charge in [-0.1, -0.05) is 12.1 Å². The van der Waals surface area contributed by atoms with E-state index in [9.17, 15) is 19.7 Å². The van der Waals surface area contributed by atoms with Crippen LogP contribution in [-0.2, 0) is 16.1 Å². The Kier molecular flexibility index (Phi) is 4.47. The number of hydrogen-bond donors (Lipinski definition) is 1. The van der Waals surface area contributed by atoms with E-state index in [0.717, 1.165) is 4.68 Å². The smallest absolute Gasteiger partial charge is 0.389 e. The lowest BCUT2D eigenvalue weighted by Gasteiger charge is -2.08. The molecule has 0 bridgehead atoms. The standard InChI is InChI=1S/C13H12N4O5/c1-22-13(19)9-4-2-3-5-10(9)14-12(18)8-16-7-6-11(15-16)17(20)21/h2-7H,8H2,1H3,(H,14,18). The third kappa shape index (κ3) is 3.45. The van der Waals surface area contributed by atoms with Crippen LogP contribution in [0.25, 0.3) is 0 Å².